The van der Waals surface area contributed by atoms with Crippen LogP contribution in [-0.2, 0) is 11.8 Å². The molecule has 148 heavy (non-hydrogen) atoms. The highest BCUT2D eigenvalue weighted by Crippen LogP contribution is 2.62. The predicted octanol–water partition coefficient (Wildman–Crippen LogP) is 29.0. The Hall–Kier alpha value is -19.6. The van der Waals surface area contributed by atoms with Gasteiger partial charge in [0.15, 0.2) is 23.7 Å². The van der Waals surface area contributed by atoms with Crippen LogP contribution in [0.15, 0.2) is 434 Å². The minimum absolute atomic E-state index is 0.0486. The first-order valence-corrected chi connectivity index (χ1v) is 47.9. The number of para-hydroxylation sites is 22. The third kappa shape index (κ3) is 21.7. The number of benzene rings is 16. The molecule has 0 amide bonds. The molecule has 7 heterocycles. The summed E-state index contributed by atoms with van der Waals surface area (Å²) >= 11 is 0. The van der Waals surface area contributed by atoms with Crippen molar-refractivity contribution in [3.8, 4) is 91.6 Å². The number of nitrogens with zero attached hydrogens (tertiary/aromatic N) is 14. The predicted molar refractivity (Wildman–Crippen MR) is 566 cm³/mol. The number of hydrogen-bond donors (Lipinski definition) is 0. The first kappa shape index (κ1) is 94.6. The minimum atomic E-state index is -0.951. The van der Waals surface area contributed by atoms with Gasteiger partial charge in [-0.3, -0.25) is 0 Å². The van der Waals surface area contributed by atoms with Gasteiger partial charge in [0.2, 0.25) is 27.2 Å². The zero-order valence-corrected chi connectivity index (χ0v) is 80.0. The van der Waals surface area contributed by atoms with Gasteiger partial charge in [-0.15, -0.1) is 0 Å². The SMILES string of the molecule is C1=Nc2ccccc2OCC(C2COc3ccccc3N=C=Nc3ccccc3O2)Oc2ccccc2N=1.C1=Nc2ccccc2OCOc2c(cccc2C2(c3cccc4c3OCOc3ccccc3N=C=N4)c3ccccc3-c3ccccc32)N=1.C1=Nc2ccccc2OCOc2ccc(Cc3ccc4c(c3)N=C=Nc3ccccc3OCO4)cc2N=1.CCC(C)C1COc2ccccc2N=C=Nc2ccccc2OC1. The standard InChI is InChI=1S/C41H26N4O4.C30H22N4O4.C29H20N4O4.C20H22N2O2/c1-3-13-29-27(11-1)28-12-2-4-14-30(28)41(29,31-15-9-19-35-39(31)48-25-46-37-21-7-5-17-33(37)42-23-44-35)32-16-10-20-36-40(32)49-26-47-38-22-8-6-18-34(38)43-24-45-36;1-5-13-25-21(9-1)31-19-33-23-11-3-7-15-27(23)37-29(17-35-25)30-18-36-26-14-6-2-10-22(26)32-20-34-24-12-4-8-16-28(24)38-30;1-3-7-26-22(5-1)30-16-32-24-14-20(9-11-28(24)36-18-34-26)13-21-10-12-29-25(15-21)33-17-31-23-6-2-4-8-27(23)35-19-37-29;1-3-15(2)16-12-23-19-10-6-4-8-17(19)21-14-22-18-9-5-7-11-20(18)24-13-16/h1-22H,25-26H2;1-16,29-30H,17-18H2;1-12,14-15H,13,18-19H2;4-11,15-16H,3,12-13H2,1-2H3. The van der Waals surface area contributed by atoms with E-state index in [4.69, 9.17) is 66.3 Å². The van der Waals surface area contributed by atoms with Crippen molar-refractivity contribution in [1.29, 1.82) is 0 Å². The monoisotopic (exact) mass is 1950 g/mol. The third-order valence-electron chi connectivity index (χ3n) is 25.1. The molecule has 724 valence electrons. The molecule has 3 atom stereocenters. The Morgan fingerprint density at radius 1 is 0.230 bits per heavy atom. The van der Waals surface area contributed by atoms with Gasteiger partial charge in [0.25, 0.3) is 0 Å². The smallest absolute Gasteiger partial charge is 0.231 e. The van der Waals surface area contributed by atoms with E-state index in [9.17, 15) is 0 Å². The molecule has 0 N–H and O–H groups in total. The van der Waals surface area contributed by atoms with E-state index in [0.717, 1.165) is 73.8 Å². The summed E-state index contributed by atoms with van der Waals surface area (Å²) in [5.41, 5.74) is 15.8. The van der Waals surface area contributed by atoms with Crippen molar-refractivity contribution >= 4 is 122 Å². The average molecular weight is 1950 g/mol. The van der Waals surface area contributed by atoms with E-state index >= 15 is 0 Å². The van der Waals surface area contributed by atoms with Gasteiger partial charge in [0, 0.05) is 17.0 Å². The quantitative estimate of drug-likeness (QED) is 0.143. The van der Waals surface area contributed by atoms with Gasteiger partial charge < -0.3 is 66.3 Å². The molecule has 7 aliphatic heterocycles. The highest BCUT2D eigenvalue weighted by Gasteiger charge is 2.50. The number of fused-ring (bicyclic) bond motifs is 17. The highest BCUT2D eigenvalue weighted by atomic mass is 16.7. The Morgan fingerprint density at radius 2 is 0.459 bits per heavy atom. The Kier molecular flexibility index (Phi) is 29.1. The first-order chi connectivity index (χ1) is 73.2. The number of rotatable bonds is 7. The zero-order valence-electron chi connectivity index (χ0n) is 80.0. The van der Waals surface area contributed by atoms with Gasteiger partial charge >= 0.3 is 0 Å². The maximum Gasteiger partial charge on any atom is 0.231 e. The van der Waals surface area contributed by atoms with Crippen molar-refractivity contribution in [3.05, 3.63) is 397 Å². The molecule has 0 fully saturated rings. The Labute approximate surface area is 851 Å². The first-order valence-electron chi connectivity index (χ1n) is 47.9. The topological polar surface area (TPSA) is 302 Å². The lowest BCUT2D eigenvalue weighted by Crippen LogP contribution is -2.44. The van der Waals surface area contributed by atoms with Gasteiger partial charge in [-0.05, 0) is 203 Å². The van der Waals surface area contributed by atoms with Crippen LogP contribution >= 0.6 is 0 Å². The number of hydrogen-bond acceptors (Lipinski definition) is 28. The van der Waals surface area contributed by atoms with Crippen LogP contribution in [0.25, 0.3) is 11.1 Å². The fraction of sp³-hybridized carbons (Fsp3) is 0.142. The Bertz CT molecular complexity index is 7700. The maximum absolute atomic E-state index is 6.59. The normalized spacial score (nSPS) is 15.7. The van der Waals surface area contributed by atoms with Crippen molar-refractivity contribution in [3.63, 3.8) is 0 Å². The second kappa shape index (κ2) is 45.5. The molecule has 0 spiro atoms. The van der Waals surface area contributed by atoms with Crippen molar-refractivity contribution in [1.82, 2.24) is 0 Å². The van der Waals surface area contributed by atoms with Crippen LogP contribution in [0.1, 0.15) is 53.6 Å². The van der Waals surface area contributed by atoms with Crippen LogP contribution in [0, 0.1) is 11.8 Å². The molecule has 3 unspecified atom stereocenters. The van der Waals surface area contributed by atoms with Crippen LogP contribution < -0.4 is 66.3 Å². The molecule has 0 aromatic heterocycles. The molecule has 24 rings (SSSR count). The van der Waals surface area contributed by atoms with E-state index in [1.807, 2.05) is 303 Å². The molecule has 0 radical (unpaired) electrons. The maximum atomic E-state index is 6.59. The average Bonchev–Trinajstić information content (AvgIpc) is 1.52. The van der Waals surface area contributed by atoms with E-state index in [2.05, 4.69) is 186 Å². The fourth-order valence-corrected chi connectivity index (χ4v) is 17.5. The van der Waals surface area contributed by atoms with E-state index in [1.54, 1.807) is 0 Å². The summed E-state index contributed by atoms with van der Waals surface area (Å²) in [5.74, 6) is 9.16. The number of ether oxygens (including phenoxy) is 14. The van der Waals surface area contributed by atoms with E-state index in [-0.39, 0.29) is 40.4 Å². The molecular weight excluding hydrogens is 1860 g/mol. The summed E-state index contributed by atoms with van der Waals surface area (Å²) in [6, 6.07) is 135. The van der Waals surface area contributed by atoms with Gasteiger partial charge in [-0.25, -0.2) is 0 Å². The van der Waals surface area contributed by atoms with Crippen molar-refractivity contribution in [2.75, 3.05) is 53.6 Å². The summed E-state index contributed by atoms with van der Waals surface area (Å²) in [6.07, 6.45) is 0.502. The van der Waals surface area contributed by atoms with Crippen molar-refractivity contribution < 1.29 is 66.3 Å². The zero-order chi connectivity index (χ0) is 99.8. The molecular formula is C120H90N14O14. The Morgan fingerprint density at radius 3 is 0.770 bits per heavy atom. The molecule has 0 bridgehead atoms. The minimum Gasteiger partial charge on any atom is -0.491 e. The molecule has 0 saturated heterocycles. The third-order valence-corrected chi connectivity index (χ3v) is 25.1. The molecule has 28 heteroatoms. The molecule has 28 nitrogen and oxygen atoms in total. The highest BCUT2D eigenvalue weighted by molar-refractivity contribution is 5.90. The van der Waals surface area contributed by atoms with E-state index < -0.39 is 17.6 Å². The lowest BCUT2D eigenvalue weighted by Gasteiger charge is -2.36. The lowest BCUT2D eigenvalue weighted by atomic mass is 9.66. The van der Waals surface area contributed by atoms with Gasteiger partial charge in [0.05, 0.1) is 18.6 Å². The lowest BCUT2D eigenvalue weighted by molar-refractivity contribution is -0.0000331. The summed E-state index contributed by atoms with van der Waals surface area (Å²) in [6.45, 7) is 5.89. The molecule has 16 aromatic carbocycles. The molecule has 8 aliphatic rings. The molecule has 16 aromatic rings. The molecule has 0 saturated carbocycles. The molecule has 1 aliphatic carbocycles. The Balaban J connectivity index is 0.000000119. The van der Waals surface area contributed by atoms with Crippen LogP contribution in [0.4, 0.5) is 79.6 Å². The van der Waals surface area contributed by atoms with Gasteiger partial charge in [-0.1, -0.05) is 227 Å². The van der Waals surface area contributed by atoms with Crippen molar-refractivity contribution in [2.24, 2.45) is 81.7 Å². The van der Waals surface area contributed by atoms with Crippen LogP contribution in [0.3, 0.4) is 0 Å². The summed E-state index contributed by atoms with van der Waals surface area (Å²) < 4.78 is 86.0. The second-order valence-electron chi connectivity index (χ2n) is 34.2. The van der Waals surface area contributed by atoms with Gasteiger partial charge in [0.1, 0.15) is 204 Å². The van der Waals surface area contributed by atoms with E-state index in [1.165, 1.54) is 0 Å². The number of aliphatic imine (C=N–C) groups is 14. The fourth-order valence-electron chi connectivity index (χ4n) is 17.5. The van der Waals surface area contributed by atoms with Crippen molar-refractivity contribution in [2.45, 2.75) is 44.3 Å². The second-order valence-corrected chi connectivity index (χ2v) is 34.2. The summed E-state index contributed by atoms with van der Waals surface area (Å²) in [5, 5.41) is 0. The van der Waals surface area contributed by atoms with Crippen LogP contribution in [0.5, 0.6) is 80.5 Å². The van der Waals surface area contributed by atoms with E-state index in [0.29, 0.717) is 169 Å². The van der Waals surface area contributed by atoms with Crippen LogP contribution in [-0.4, -0.2) is 108 Å². The summed E-state index contributed by atoms with van der Waals surface area (Å²) in [7, 11) is 0. The van der Waals surface area contributed by atoms with Crippen LogP contribution in [0.2, 0.25) is 0 Å². The largest absolute Gasteiger partial charge is 0.491 e. The van der Waals surface area contributed by atoms with Gasteiger partial charge in [-0.2, -0.15) is 69.9 Å². The summed E-state index contributed by atoms with van der Waals surface area (Å²) in [4.78, 5) is 61.9.